The summed E-state index contributed by atoms with van der Waals surface area (Å²) in [6, 6.07) is 8.18. The Balaban J connectivity index is 1.47. The molecule has 1 amide bonds. The lowest BCUT2D eigenvalue weighted by Gasteiger charge is -2.34. The Hall–Kier alpha value is -2.35. The van der Waals surface area contributed by atoms with Crippen molar-refractivity contribution < 1.29 is 9.21 Å². The van der Waals surface area contributed by atoms with E-state index in [1.54, 1.807) is 36.5 Å². The van der Waals surface area contributed by atoms with E-state index in [-0.39, 0.29) is 11.9 Å². The second-order valence-corrected chi connectivity index (χ2v) is 7.82. The fraction of sp³-hybridized carbons (Fsp3) is 0.350. The lowest BCUT2D eigenvalue weighted by molar-refractivity contribution is -0.122. The Morgan fingerprint density at radius 2 is 2.07 bits per heavy atom. The molecule has 29 heavy (non-hydrogen) atoms. The van der Waals surface area contributed by atoms with Crippen LogP contribution in [0, 0.1) is 0 Å². The number of hydrogen-bond donors (Lipinski definition) is 1. The van der Waals surface area contributed by atoms with Gasteiger partial charge in [-0.3, -0.25) is 14.3 Å². The topological polar surface area (TPSA) is 80.4 Å². The summed E-state index contributed by atoms with van der Waals surface area (Å²) in [5.41, 5.74) is 1.59. The summed E-state index contributed by atoms with van der Waals surface area (Å²) in [5, 5.41) is 3.75. The molecule has 1 atom stereocenters. The molecule has 0 spiro atoms. The standard InChI is InChI=1S/C20H20Cl2N4O3/c21-14-7-6-13(12-15(14)22)24-19(27)16-4-1-2-9-25(16)10-11-26-18-17(29-20(26)28)5-3-8-23-18/h3,5-8,12,16H,1-2,4,9-11H2,(H,24,27). The number of nitrogens with zero attached hydrogens (tertiary/aromatic N) is 3. The number of rotatable bonds is 5. The zero-order chi connectivity index (χ0) is 20.4. The maximum Gasteiger partial charge on any atom is 0.421 e. The summed E-state index contributed by atoms with van der Waals surface area (Å²) in [5.74, 6) is -0.530. The minimum absolute atomic E-state index is 0.0920. The van der Waals surface area contributed by atoms with Gasteiger partial charge in [0.05, 0.1) is 16.1 Å². The molecule has 1 N–H and O–H groups in total. The fourth-order valence-electron chi connectivity index (χ4n) is 3.68. The van der Waals surface area contributed by atoms with Crippen LogP contribution in [0.4, 0.5) is 5.69 Å². The molecule has 3 aromatic rings. The summed E-state index contributed by atoms with van der Waals surface area (Å²) >= 11 is 12.0. The van der Waals surface area contributed by atoms with E-state index in [2.05, 4.69) is 15.2 Å². The highest BCUT2D eigenvalue weighted by Gasteiger charge is 2.29. The molecule has 1 aliphatic rings. The number of anilines is 1. The number of aromatic nitrogens is 2. The molecule has 152 valence electrons. The molecule has 0 aliphatic carbocycles. The minimum atomic E-state index is -0.437. The number of benzene rings is 1. The molecular weight excluding hydrogens is 415 g/mol. The maximum atomic E-state index is 12.9. The number of amides is 1. The van der Waals surface area contributed by atoms with Crippen molar-refractivity contribution in [3.05, 3.63) is 57.1 Å². The third-order valence-electron chi connectivity index (χ3n) is 5.14. The molecule has 1 unspecified atom stereocenters. The highest BCUT2D eigenvalue weighted by atomic mass is 35.5. The SMILES string of the molecule is O=C(Nc1ccc(Cl)c(Cl)c1)C1CCCCN1CCn1c(=O)oc2cccnc21. The van der Waals surface area contributed by atoms with E-state index >= 15 is 0 Å². The van der Waals surface area contributed by atoms with Crippen molar-refractivity contribution in [2.45, 2.75) is 31.8 Å². The van der Waals surface area contributed by atoms with Crippen LogP contribution >= 0.6 is 23.2 Å². The predicted octanol–water partition coefficient (Wildman–Crippen LogP) is 3.79. The van der Waals surface area contributed by atoms with Crippen LogP contribution in [0.15, 0.2) is 45.7 Å². The first-order valence-corrected chi connectivity index (χ1v) is 10.2. The summed E-state index contributed by atoms with van der Waals surface area (Å²) < 4.78 is 6.75. The normalized spacial score (nSPS) is 17.5. The number of oxazole rings is 1. The van der Waals surface area contributed by atoms with Gasteiger partial charge in [-0.15, -0.1) is 0 Å². The summed E-state index contributed by atoms with van der Waals surface area (Å²) in [6.45, 7) is 1.74. The van der Waals surface area contributed by atoms with E-state index < -0.39 is 5.76 Å². The summed E-state index contributed by atoms with van der Waals surface area (Å²) in [7, 11) is 0. The summed E-state index contributed by atoms with van der Waals surface area (Å²) in [6.07, 6.45) is 4.37. The number of likely N-dealkylation sites (tertiary alicyclic amines) is 1. The smallest absolute Gasteiger partial charge is 0.406 e. The van der Waals surface area contributed by atoms with Crippen molar-refractivity contribution in [3.63, 3.8) is 0 Å². The van der Waals surface area contributed by atoms with E-state index in [0.717, 1.165) is 25.8 Å². The zero-order valence-corrected chi connectivity index (χ0v) is 17.1. The minimum Gasteiger partial charge on any atom is -0.406 e. The van der Waals surface area contributed by atoms with Crippen LogP contribution in [-0.2, 0) is 11.3 Å². The number of carbonyl (C=O) groups excluding carboxylic acids is 1. The fourth-order valence-corrected chi connectivity index (χ4v) is 3.98. The number of pyridine rings is 1. The van der Waals surface area contributed by atoms with Gasteiger partial charge in [0, 0.05) is 25.0 Å². The predicted molar refractivity (Wildman–Crippen MR) is 113 cm³/mol. The van der Waals surface area contributed by atoms with Gasteiger partial charge in [-0.1, -0.05) is 29.6 Å². The largest absolute Gasteiger partial charge is 0.421 e. The third kappa shape index (κ3) is 4.32. The van der Waals surface area contributed by atoms with Crippen LogP contribution in [0.1, 0.15) is 19.3 Å². The van der Waals surface area contributed by atoms with Crippen molar-refractivity contribution in [2.24, 2.45) is 0 Å². The number of nitrogens with one attached hydrogen (secondary N) is 1. The van der Waals surface area contributed by atoms with Crippen LogP contribution in [0.25, 0.3) is 11.2 Å². The van der Waals surface area contributed by atoms with Crippen LogP contribution < -0.4 is 11.1 Å². The molecule has 3 heterocycles. The van der Waals surface area contributed by atoms with Gasteiger partial charge in [-0.25, -0.2) is 9.78 Å². The van der Waals surface area contributed by atoms with Crippen molar-refractivity contribution in [1.82, 2.24) is 14.5 Å². The van der Waals surface area contributed by atoms with Crippen LogP contribution in [0.2, 0.25) is 10.0 Å². The molecule has 1 aromatic carbocycles. The van der Waals surface area contributed by atoms with E-state index in [1.165, 1.54) is 4.57 Å². The number of halogens is 2. The van der Waals surface area contributed by atoms with Crippen molar-refractivity contribution in [3.8, 4) is 0 Å². The van der Waals surface area contributed by atoms with Crippen molar-refractivity contribution >= 4 is 46.0 Å². The zero-order valence-electron chi connectivity index (χ0n) is 15.6. The van der Waals surface area contributed by atoms with Crippen LogP contribution in [0.5, 0.6) is 0 Å². The Kier molecular flexibility index (Phi) is 5.89. The molecule has 7 nitrogen and oxygen atoms in total. The van der Waals surface area contributed by atoms with E-state index in [0.29, 0.717) is 40.1 Å². The highest BCUT2D eigenvalue weighted by Crippen LogP contribution is 2.26. The average molecular weight is 435 g/mol. The molecule has 4 rings (SSSR count). The van der Waals surface area contributed by atoms with Crippen molar-refractivity contribution in [1.29, 1.82) is 0 Å². The molecule has 1 fully saturated rings. The van der Waals surface area contributed by atoms with Crippen LogP contribution in [-0.4, -0.2) is 39.5 Å². The van der Waals surface area contributed by atoms with Gasteiger partial charge in [-0.05, 0) is 49.7 Å². The van der Waals surface area contributed by atoms with E-state index in [1.807, 2.05) is 0 Å². The molecular formula is C20H20Cl2N4O3. The number of fused-ring (bicyclic) bond motifs is 1. The number of hydrogen-bond acceptors (Lipinski definition) is 5. The first-order chi connectivity index (χ1) is 14.0. The second kappa shape index (κ2) is 8.57. The monoisotopic (exact) mass is 434 g/mol. The maximum absolute atomic E-state index is 12.9. The van der Waals surface area contributed by atoms with Gasteiger partial charge >= 0.3 is 5.76 Å². The van der Waals surface area contributed by atoms with Crippen LogP contribution in [0.3, 0.4) is 0 Å². The molecule has 2 aromatic heterocycles. The molecule has 9 heteroatoms. The lowest BCUT2D eigenvalue weighted by Crippen LogP contribution is -2.48. The highest BCUT2D eigenvalue weighted by molar-refractivity contribution is 6.42. The summed E-state index contributed by atoms with van der Waals surface area (Å²) in [4.78, 5) is 31.4. The second-order valence-electron chi connectivity index (χ2n) is 7.01. The van der Waals surface area contributed by atoms with Gasteiger partial charge in [0.25, 0.3) is 0 Å². The molecule has 0 saturated carbocycles. The van der Waals surface area contributed by atoms with E-state index in [4.69, 9.17) is 27.6 Å². The molecule has 0 radical (unpaired) electrons. The average Bonchev–Trinajstić information content (AvgIpc) is 3.04. The first kappa shape index (κ1) is 19.9. The Bertz CT molecular complexity index is 1090. The van der Waals surface area contributed by atoms with Crippen molar-refractivity contribution in [2.75, 3.05) is 18.4 Å². The van der Waals surface area contributed by atoms with Gasteiger partial charge in [0.1, 0.15) is 0 Å². The van der Waals surface area contributed by atoms with Gasteiger partial charge < -0.3 is 9.73 Å². The molecule has 1 saturated heterocycles. The van der Waals surface area contributed by atoms with Gasteiger partial charge in [0.15, 0.2) is 11.2 Å². The first-order valence-electron chi connectivity index (χ1n) is 9.47. The lowest BCUT2D eigenvalue weighted by atomic mass is 10.0. The Morgan fingerprint density at radius 3 is 2.90 bits per heavy atom. The van der Waals surface area contributed by atoms with E-state index in [9.17, 15) is 9.59 Å². The number of carbonyl (C=O) groups is 1. The molecule has 1 aliphatic heterocycles. The third-order valence-corrected chi connectivity index (χ3v) is 5.88. The number of piperidine rings is 1. The quantitative estimate of drug-likeness (QED) is 0.660. The Morgan fingerprint density at radius 1 is 1.21 bits per heavy atom. The molecule has 0 bridgehead atoms. The Labute approximate surface area is 177 Å². The van der Waals surface area contributed by atoms with Gasteiger partial charge in [-0.2, -0.15) is 0 Å². The van der Waals surface area contributed by atoms with Gasteiger partial charge in [0.2, 0.25) is 5.91 Å².